The first kappa shape index (κ1) is 31.5. The number of halogens is 4. The van der Waals surface area contributed by atoms with Crippen LogP contribution in [0.5, 0.6) is 17.4 Å². The number of piperidine rings is 1. The number of likely N-dealkylation sites (tertiary alicyclic amines) is 1. The first-order valence-electron chi connectivity index (χ1n) is 13.5. The fraction of sp³-hybridized carbons (Fsp3) is 0.379. The van der Waals surface area contributed by atoms with E-state index in [2.05, 4.69) is 25.9 Å². The topological polar surface area (TPSA) is 118 Å². The molecule has 0 saturated carbocycles. The normalized spacial score (nSPS) is 17.2. The number of aromatic nitrogens is 2. The summed E-state index contributed by atoms with van der Waals surface area (Å²) in [4.78, 5) is 35.0. The van der Waals surface area contributed by atoms with E-state index >= 15 is 0 Å². The summed E-state index contributed by atoms with van der Waals surface area (Å²) in [5.41, 5.74) is -0.148. The van der Waals surface area contributed by atoms with Crippen LogP contribution in [0.4, 0.5) is 29.2 Å². The first-order valence-corrected chi connectivity index (χ1v) is 13.5. The van der Waals surface area contributed by atoms with E-state index in [-0.39, 0.29) is 40.8 Å². The molecule has 4 rings (SSSR count). The average molecular weight is 605 g/mol. The van der Waals surface area contributed by atoms with Crippen molar-refractivity contribution in [2.45, 2.75) is 38.2 Å². The number of nitrogens with one attached hydrogen (secondary N) is 3. The zero-order valence-corrected chi connectivity index (χ0v) is 24.0. The molecule has 1 aliphatic heterocycles. The lowest BCUT2D eigenvalue weighted by Crippen LogP contribution is -2.51. The van der Waals surface area contributed by atoms with Crippen molar-refractivity contribution >= 4 is 23.5 Å². The number of anilines is 2. The smallest absolute Gasteiger partial charge is 0.423 e. The van der Waals surface area contributed by atoms with Gasteiger partial charge >= 0.3 is 6.18 Å². The summed E-state index contributed by atoms with van der Waals surface area (Å²) in [6.07, 6.45) is -4.61. The van der Waals surface area contributed by atoms with Gasteiger partial charge in [0.2, 0.25) is 11.8 Å². The molecule has 14 heteroatoms. The maximum absolute atomic E-state index is 14.4. The SMILES string of the molecule is CCc1cccc(Oc2nc(Nc3ccc(C(=O)NC4CCN(C)CC4F)cc3OC)ncc2C(F)(F)F)c1C(=O)NC. The van der Waals surface area contributed by atoms with Crippen LogP contribution in [0.15, 0.2) is 42.6 Å². The Morgan fingerprint density at radius 3 is 2.56 bits per heavy atom. The summed E-state index contributed by atoms with van der Waals surface area (Å²) in [5.74, 6) is -2.06. The van der Waals surface area contributed by atoms with Gasteiger partial charge in [-0.1, -0.05) is 19.1 Å². The molecule has 0 bridgehead atoms. The standard InChI is InChI=1S/C29H32F4N6O4/c1-5-16-7-6-8-22(24(16)26(41)34-2)43-27-18(29(31,32)33)14-35-28(38-27)37-21-10-9-17(13-23(21)42-4)25(40)36-20-11-12-39(3)15-19(20)30/h6-10,13-14,19-20H,5,11-12,15H2,1-4H3,(H,34,41)(H,36,40)(H,35,37,38). The predicted octanol–water partition coefficient (Wildman–Crippen LogP) is 4.73. The fourth-order valence-corrected chi connectivity index (χ4v) is 4.67. The van der Waals surface area contributed by atoms with Gasteiger partial charge in [0.15, 0.2) is 0 Å². The van der Waals surface area contributed by atoms with Crippen LogP contribution in [0.25, 0.3) is 0 Å². The second kappa shape index (κ2) is 13.2. The predicted molar refractivity (Wildman–Crippen MR) is 151 cm³/mol. The third kappa shape index (κ3) is 7.31. The molecule has 10 nitrogen and oxygen atoms in total. The first-order chi connectivity index (χ1) is 20.4. The van der Waals surface area contributed by atoms with Crippen molar-refractivity contribution in [3.63, 3.8) is 0 Å². The van der Waals surface area contributed by atoms with Crippen molar-refractivity contribution in [1.82, 2.24) is 25.5 Å². The van der Waals surface area contributed by atoms with Crippen LogP contribution in [0.3, 0.4) is 0 Å². The Kier molecular flexibility index (Phi) is 9.69. The maximum atomic E-state index is 14.4. The third-order valence-electron chi connectivity index (χ3n) is 6.98. The van der Waals surface area contributed by atoms with Crippen molar-refractivity contribution in [3.8, 4) is 17.4 Å². The van der Waals surface area contributed by atoms with Crippen LogP contribution in [-0.2, 0) is 12.6 Å². The van der Waals surface area contributed by atoms with Crippen molar-refractivity contribution in [2.24, 2.45) is 0 Å². The molecule has 43 heavy (non-hydrogen) atoms. The minimum Gasteiger partial charge on any atom is -0.495 e. The molecule has 2 atom stereocenters. The van der Waals surface area contributed by atoms with Gasteiger partial charge in [0.05, 0.1) is 24.4 Å². The second-order valence-electron chi connectivity index (χ2n) is 9.92. The van der Waals surface area contributed by atoms with Gasteiger partial charge in [-0.15, -0.1) is 0 Å². The molecule has 3 N–H and O–H groups in total. The largest absolute Gasteiger partial charge is 0.495 e. The monoisotopic (exact) mass is 604 g/mol. The van der Waals surface area contributed by atoms with Crippen molar-refractivity contribution in [2.75, 3.05) is 39.6 Å². The molecule has 2 unspecified atom stereocenters. The number of carbonyl (C=O) groups is 2. The molecule has 3 aromatic rings. The average Bonchev–Trinajstić information content (AvgIpc) is 2.97. The molecule has 1 fully saturated rings. The molecule has 2 amide bonds. The summed E-state index contributed by atoms with van der Waals surface area (Å²) in [7, 11) is 4.56. The molecule has 0 aliphatic carbocycles. The molecular weight excluding hydrogens is 572 g/mol. The van der Waals surface area contributed by atoms with E-state index in [1.807, 2.05) is 11.9 Å². The Morgan fingerprint density at radius 2 is 1.91 bits per heavy atom. The lowest BCUT2D eigenvalue weighted by atomic mass is 10.0. The minimum atomic E-state index is -4.86. The quantitative estimate of drug-likeness (QED) is 0.300. The second-order valence-corrected chi connectivity index (χ2v) is 9.92. The summed E-state index contributed by atoms with van der Waals surface area (Å²) in [6.45, 7) is 2.66. The molecule has 2 heterocycles. The number of ether oxygens (including phenoxy) is 2. The minimum absolute atomic E-state index is 0.0867. The van der Waals surface area contributed by atoms with Crippen LogP contribution in [-0.4, -0.2) is 73.2 Å². The Labute approximate surface area is 245 Å². The number of benzene rings is 2. The molecule has 1 saturated heterocycles. The molecule has 2 aromatic carbocycles. The lowest BCUT2D eigenvalue weighted by molar-refractivity contribution is -0.139. The van der Waals surface area contributed by atoms with E-state index in [0.717, 1.165) is 0 Å². The molecule has 0 spiro atoms. The highest BCUT2D eigenvalue weighted by Gasteiger charge is 2.37. The summed E-state index contributed by atoms with van der Waals surface area (Å²) in [5, 5.41) is 7.97. The Balaban J connectivity index is 1.62. The molecular formula is C29H32F4N6O4. The number of rotatable bonds is 9. The third-order valence-corrected chi connectivity index (χ3v) is 6.98. The van der Waals surface area contributed by atoms with Gasteiger partial charge in [0, 0.05) is 31.9 Å². The van der Waals surface area contributed by atoms with E-state index in [1.54, 1.807) is 19.1 Å². The number of nitrogens with zero attached hydrogens (tertiary/aromatic N) is 3. The molecule has 0 radical (unpaired) electrons. The van der Waals surface area contributed by atoms with Gasteiger partial charge < -0.3 is 30.3 Å². The van der Waals surface area contributed by atoms with Gasteiger partial charge in [-0.25, -0.2) is 9.37 Å². The van der Waals surface area contributed by atoms with Crippen molar-refractivity contribution in [3.05, 3.63) is 64.8 Å². The summed E-state index contributed by atoms with van der Waals surface area (Å²) < 4.78 is 67.1. The van der Waals surface area contributed by atoms with Gasteiger partial charge in [-0.2, -0.15) is 18.2 Å². The maximum Gasteiger partial charge on any atom is 0.423 e. The number of carbonyl (C=O) groups excluding carboxylic acids is 2. The Morgan fingerprint density at radius 1 is 1.14 bits per heavy atom. The van der Waals surface area contributed by atoms with Gasteiger partial charge in [0.1, 0.15) is 23.2 Å². The summed E-state index contributed by atoms with van der Waals surface area (Å²) >= 11 is 0. The van der Waals surface area contributed by atoms with Gasteiger partial charge in [0.25, 0.3) is 11.8 Å². The highest BCUT2D eigenvalue weighted by Crippen LogP contribution is 2.39. The van der Waals surface area contributed by atoms with E-state index in [9.17, 15) is 27.2 Å². The highest BCUT2D eigenvalue weighted by molar-refractivity contribution is 5.98. The number of aryl methyl sites for hydroxylation is 1. The van der Waals surface area contributed by atoms with Gasteiger partial charge in [-0.05, 0) is 49.7 Å². The Bertz CT molecular complexity index is 1490. The number of methoxy groups -OCH3 is 1. The van der Waals surface area contributed by atoms with E-state index in [4.69, 9.17) is 9.47 Å². The van der Waals surface area contributed by atoms with E-state index < -0.39 is 41.6 Å². The van der Waals surface area contributed by atoms with Crippen molar-refractivity contribution in [1.29, 1.82) is 0 Å². The number of hydrogen-bond donors (Lipinski definition) is 3. The summed E-state index contributed by atoms with van der Waals surface area (Å²) in [6, 6.07) is 8.32. The van der Waals surface area contributed by atoms with Crippen LogP contribution in [0, 0.1) is 0 Å². The van der Waals surface area contributed by atoms with Crippen LogP contribution >= 0.6 is 0 Å². The fourth-order valence-electron chi connectivity index (χ4n) is 4.67. The van der Waals surface area contributed by atoms with Gasteiger partial charge in [-0.3, -0.25) is 9.59 Å². The molecule has 1 aromatic heterocycles. The number of amides is 2. The zero-order chi connectivity index (χ0) is 31.3. The highest BCUT2D eigenvalue weighted by atomic mass is 19.4. The molecule has 1 aliphatic rings. The molecule has 230 valence electrons. The van der Waals surface area contributed by atoms with Crippen LogP contribution in [0.2, 0.25) is 0 Å². The van der Waals surface area contributed by atoms with Crippen molar-refractivity contribution < 1.29 is 36.6 Å². The zero-order valence-electron chi connectivity index (χ0n) is 24.0. The number of hydrogen-bond acceptors (Lipinski definition) is 8. The lowest BCUT2D eigenvalue weighted by Gasteiger charge is -2.32. The Hall–Kier alpha value is -4.46. The number of alkyl halides is 4. The van der Waals surface area contributed by atoms with Crippen LogP contribution < -0.4 is 25.4 Å². The van der Waals surface area contributed by atoms with E-state index in [1.165, 1.54) is 38.4 Å². The van der Waals surface area contributed by atoms with Crippen LogP contribution in [0.1, 0.15) is 45.2 Å². The van der Waals surface area contributed by atoms with E-state index in [0.29, 0.717) is 31.1 Å².